The second-order valence-electron chi connectivity index (χ2n) is 9.01. The van der Waals surface area contributed by atoms with Gasteiger partial charge in [0.15, 0.2) is 17.5 Å². The van der Waals surface area contributed by atoms with Gasteiger partial charge >= 0.3 is 0 Å². The molecule has 6 nitrogen and oxygen atoms in total. The van der Waals surface area contributed by atoms with Gasteiger partial charge in [-0.2, -0.15) is 0 Å². The van der Waals surface area contributed by atoms with Crippen LogP contribution in [0.2, 0.25) is 0 Å². The van der Waals surface area contributed by atoms with Crippen molar-refractivity contribution in [2.24, 2.45) is 5.16 Å². The number of aromatic nitrogens is 2. The Morgan fingerprint density at radius 3 is 2.77 bits per heavy atom. The molecule has 1 aromatic heterocycles. The summed E-state index contributed by atoms with van der Waals surface area (Å²) < 4.78 is 35.8. The van der Waals surface area contributed by atoms with E-state index in [1.165, 1.54) is 6.07 Å². The lowest BCUT2D eigenvalue weighted by Gasteiger charge is -2.36. The van der Waals surface area contributed by atoms with Gasteiger partial charge in [-0.3, -0.25) is 0 Å². The summed E-state index contributed by atoms with van der Waals surface area (Å²) in [4.78, 5) is 12.1. The van der Waals surface area contributed by atoms with Crippen LogP contribution in [0.15, 0.2) is 53.6 Å². The topological polar surface area (TPSA) is 51.9 Å². The summed E-state index contributed by atoms with van der Waals surface area (Å²) >= 11 is 0. The zero-order chi connectivity index (χ0) is 24.5. The number of ether oxygens (including phenoxy) is 1. The number of methoxy groups -OCH3 is 1. The van der Waals surface area contributed by atoms with Gasteiger partial charge < -0.3 is 19.0 Å². The van der Waals surface area contributed by atoms with E-state index in [4.69, 9.17) is 9.57 Å². The first-order chi connectivity index (χ1) is 16.9. The molecule has 0 saturated carbocycles. The fraction of sp³-hybridized carbons (Fsp3) is 0.333. The highest BCUT2D eigenvalue weighted by molar-refractivity contribution is 6.02. The number of imidazole rings is 1. The smallest absolute Gasteiger partial charge is 0.171 e. The molecule has 2 aliphatic rings. The highest BCUT2D eigenvalue weighted by atomic mass is 19.2. The van der Waals surface area contributed by atoms with Crippen LogP contribution in [0, 0.1) is 25.5 Å². The SMILES string of the molecule is COc1cc(/C=C2\CCCN3C2=NOCC[C@H]3c2cc(C)c(F)c(F)c2)ccc1-n1cnc(C)c1. The summed E-state index contributed by atoms with van der Waals surface area (Å²) in [6, 6.07) is 8.92. The first kappa shape index (κ1) is 23.1. The molecule has 0 aliphatic carbocycles. The zero-order valence-electron chi connectivity index (χ0n) is 20.1. The van der Waals surface area contributed by atoms with Crippen LogP contribution in [0.5, 0.6) is 5.75 Å². The monoisotopic (exact) mass is 478 g/mol. The van der Waals surface area contributed by atoms with Gasteiger partial charge in [-0.15, -0.1) is 0 Å². The van der Waals surface area contributed by atoms with Crippen molar-refractivity contribution in [3.8, 4) is 11.4 Å². The van der Waals surface area contributed by atoms with E-state index in [-0.39, 0.29) is 6.04 Å². The Balaban J connectivity index is 1.48. The van der Waals surface area contributed by atoms with E-state index in [0.717, 1.165) is 59.1 Å². The number of benzene rings is 2. The largest absolute Gasteiger partial charge is 0.495 e. The number of oxime groups is 1. The Labute approximate surface area is 203 Å². The van der Waals surface area contributed by atoms with Crippen molar-refractivity contribution in [3.05, 3.63) is 82.4 Å². The summed E-state index contributed by atoms with van der Waals surface area (Å²) in [6.07, 6.45) is 8.21. The number of hydrogen-bond acceptors (Lipinski definition) is 5. The molecule has 2 aromatic carbocycles. The lowest BCUT2D eigenvalue weighted by atomic mass is 9.94. The highest BCUT2D eigenvalue weighted by Gasteiger charge is 2.32. The van der Waals surface area contributed by atoms with Gasteiger partial charge in [-0.25, -0.2) is 13.8 Å². The lowest BCUT2D eigenvalue weighted by Crippen LogP contribution is -2.39. The maximum Gasteiger partial charge on any atom is 0.171 e. The molecule has 1 atom stereocenters. The minimum Gasteiger partial charge on any atom is -0.495 e. The van der Waals surface area contributed by atoms with Crippen LogP contribution in [0.25, 0.3) is 11.8 Å². The Bertz CT molecular complexity index is 1290. The maximum absolute atomic E-state index is 14.2. The molecule has 1 saturated heterocycles. The molecule has 8 heteroatoms. The van der Waals surface area contributed by atoms with Crippen LogP contribution in [0.1, 0.15) is 47.7 Å². The third-order valence-corrected chi connectivity index (χ3v) is 6.57. The average molecular weight is 479 g/mol. The van der Waals surface area contributed by atoms with Gasteiger partial charge in [0, 0.05) is 19.2 Å². The molecule has 1 fully saturated rings. The summed E-state index contributed by atoms with van der Waals surface area (Å²) in [6.45, 7) is 4.71. The standard InChI is InChI=1S/C27H28F2N4O2/c1-17-11-21(14-22(28)26(17)29)23-8-10-35-31-27-20(5-4-9-33(23)27)12-19-6-7-24(25(13-19)34-3)32-15-18(2)30-16-32/h6-7,11-16,23H,4-5,8-10H2,1-3H3/b20-12+/t23-/m0/s1. The van der Waals surface area contributed by atoms with Crippen molar-refractivity contribution >= 4 is 11.9 Å². The molecule has 0 spiro atoms. The average Bonchev–Trinajstić information content (AvgIpc) is 3.16. The second kappa shape index (κ2) is 9.52. The molecule has 0 bridgehead atoms. The Morgan fingerprint density at radius 1 is 1.17 bits per heavy atom. The van der Waals surface area contributed by atoms with Crippen LogP contribution in [-0.4, -0.2) is 40.5 Å². The number of fused-ring (bicyclic) bond motifs is 1. The van der Waals surface area contributed by atoms with E-state index in [1.807, 2.05) is 35.9 Å². The normalized spacial score (nSPS) is 19.1. The number of aryl methyl sites for hydroxylation is 2. The van der Waals surface area contributed by atoms with E-state index in [9.17, 15) is 8.78 Å². The molecule has 0 unspecified atom stereocenters. The summed E-state index contributed by atoms with van der Waals surface area (Å²) in [5, 5.41) is 4.43. The molecular weight excluding hydrogens is 450 g/mol. The highest BCUT2D eigenvalue weighted by Crippen LogP contribution is 2.35. The first-order valence-electron chi connectivity index (χ1n) is 11.8. The predicted molar refractivity (Wildman–Crippen MR) is 131 cm³/mol. The van der Waals surface area contributed by atoms with Gasteiger partial charge in [0.1, 0.15) is 12.4 Å². The van der Waals surface area contributed by atoms with Crippen LogP contribution < -0.4 is 4.74 Å². The van der Waals surface area contributed by atoms with E-state index < -0.39 is 11.6 Å². The zero-order valence-corrected chi connectivity index (χ0v) is 20.1. The predicted octanol–water partition coefficient (Wildman–Crippen LogP) is 5.73. The molecule has 5 rings (SSSR count). The number of amidine groups is 1. The first-order valence-corrected chi connectivity index (χ1v) is 11.8. The second-order valence-corrected chi connectivity index (χ2v) is 9.01. The number of hydrogen-bond donors (Lipinski definition) is 0. The molecule has 0 N–H and O–H groups in total. The number of nitrogens with zero attached hydrogens (tertiary/aromatic N) is 4. The molecular formula is C27H28F2N4O2. The number of rotatable bonds is 4. The molecule has 2 aliphatic heterocycles. The fourth-order valence-electron chi connectivity index (χ4n) is 4.86. The van der Waals surface area contributed by atoms with Gasteiger partial charge in [0.25, 0.3) is 0 Å². The molecule has 0 amide bonds. The minimum atomic E-state index is -0.823. The molecule has 0 radical (unpaired) electrons. The Kier molecular flexibility index (Phi) is 6.28. The van der Waals surface area contributed by atoms with Crippen LogP contribution in [-0.2, 0) is 4.84 Å². The van der Waals surface area contributed by atoms with Crippen molar-refractivity contribution < 1.29 is 18.4 Å². The quantitative estimate of drug-likeness (QED) is 0.481. The van der Waals surface area contributed by atoms with E-state index in [0.29, 0.717) is 18.6 Å². The number of piperidine rings is 1. The molecule has 182 valence electrons. The van der Waals surface area contributed by atoms with Crippen LogP contribution >= 0.6 is 0 Å². The van der Waals surface area contributed by atoms with E-state index in [2.05, 4.69) is 21.1 Å². The molecule has 3 heterocycles. The lowest BCUT2D eigenvalue weighted by molar-refractivity contribution is 0.140. The summed E-state index contributed by atoms with van der Waals surface area (Å²) in [7, 11) is 1.65. The minimum absolute atomic E-state index is 0.143. The molecule has 35 heavy (non-hydrogen) atoms. The third-order valence-electron chi connectivity index (χ3n) is 6.57. The summed E-state index contributed by atoms with van der Waals surface area (Å²) in [5.74, 6) is -0.139. The van der Waals surface area contributed by atoms with Crippen molar-refractivity contribution in [2.45, 2.75) is 39.2 Å². The van der Waals surface area contributed by atoms with Gasteiger partial charge in [-0.05, 0) is 73.2 Å². The van der Waals surface area contributed by atoms with Crippen LogP contribution in [0.3, 0.4) is 0 Å². The van der Waals surface area contributed by atoms with Crippen molar-refractivity contribution in [1.82, 2.24) is 14.5 Å². The van der Waals surface area contributed by atoms with Crippen molar-refractivity contribution in [2.75, 3.05) is 20.3 Å². The van der Waals surface area contributed by atoms with Gasteiger partial charge in [-0.1, -0.05) is 17.3 Å². The Hall–Kier alpha value is -3.68. The molecule has 3 aromatic rings. The van der Waals surface area contributed by atoms with Crippen molar-refractivity contribution in [3.63, 3.8) is 0 Å². The van der Waals surface area contributed by atoms with E-state index >= 15 is 0 Å². The number of halogens is 2. The third kappa shape index (κ3) is 4.52. The van der Waals surface area contributed by atoms with Crippen LogP contribution in [0.4, 0.5) is 8.78 Å². The Morgan fingerprint density at radius 2 is 2.03 bits per heavy atom. The maximum atomic E-state index is 14.2. The summed E-state index contributed by atoms with van der Waals surface area (Å²) in [5.41, 5.74) is 4.89. The van der Waals surface area contributed by atoms with Gasteiger partial charge in [0.2, 0.25) is 0 Å². The van der Waals surface area contributed by atoms with Crippen molar-refractivity contribution in [1.29, 1.82) is 0 Å². The van der Waals surface area contributed by atoms with Gasteiger partial charge in [0.05, 0.1) is 30.9 Å². The van der Waals surface area contributed by atoms with E-state index in [1.54, 1.807) is 26.4 Å². The fourth-order valence-corrected chi connectivity index (χ4v) is 4.86.